The van der Waals surface area contributed by atoms with Crippen LogP contribution < -0.4 is 0 Å². The van der Waals surface area contributed by atoms with Gasteiger partial charge in [0.05, 0.1) is 5.03 Å². The van der Waals surface area contributed by atoms with Crippen molar-refractivity contribution < 1.29 is 9.59 Å². The molecule has 0 saturated heterocycles. The van der Waals surface area contributed by atoms with Gasteiger partial charge >= 0.3 is 0 Å². The maximum Gasteiger partial charge on any atom is 0.205 e. The molecule has 0 heterocycles. The number of hydrogen-bond acceptors (Lipinski definition) is 2. The molecule has 92 valence electrons. The first-order chi connectivity index (χ1) is 9.18. The van der Waals surface area contributed by atoms with E-state index in [0.717, 1.165) is 11.1 Å². The molecule has 0 N–H and O–H groups in total. The molecule has 0 aromatic heterocycles. The van der Waals surface area contributed by atoms with Crippen molar-refractivity contribution in [1.29, 1.82) is 0 Å². The fraction of sp³-hybridized carbons (Fsp3) is 0. The van der Waals surface area contributed by atoms with Gasteiger partial charge < -0.3 is 0 Å². The molecule has 0 aliphatic heterocycles. The molecule has 1 aliphatic carbocycles. The lowest BCUT2D eigenvalue weighted by Crippen LogP contribution is -2.15. The van der Waals surface area contributed by atoms with Gasteiger partial charge in [0.25, 0.3) is 0 Å². The standard InChI is InChI=1S/C16H9ClO2/c17-13-9-14(18)15-11(10-5-2-1-3-6-10)7-4-8-12(15)16(13)19/h1-9H. The molecule has 3 rings (SSSR count). The minimum Gasteiger partial charge on any atom is -0.289 e. The molecule has 2 aromatic rings. The summed E-state index contributed by atoms with van der Waals surface area (Å²) in [4.78, 5) is 24.1. The lowest BCUT2D eigenvalue weighted by Gasteiger charge is -2.15. The fourth-order valence-electron chi connectivity index (χ4n) is 2.25. The first kappa shape index (κ1) is 11.9. The predicted molar refractivity (Wildman–Crippen MR) is 74.5 cm³/mol. The number of fused-ring (bicyclic) bond motifs is 1. The highest BCUT2D eigenvalue weighted by Gasteiger charge is 2.26. The van der Waals surface area contributed by atoms with E-state index in [9.17, 15) is 9.59 Å². The average Bonchev–Trinajstić information content (AvgIpc) is 2.45. The molecule has 0 bridgehead atoms. The Hall–Kier alpha value is -2.19. The molecule has 2 nitrogen and oxygen atoms in total. The van der Waals surface area contributed by atoms with Crippen molar-refractivity contribution in [2.45, 2.75) is 0 Å². The highest BCUT2D eigenvalue weighted by Crippen LogP contribution is 2.31. The maximum atomic E-state index is 12.1. The number of carbonyl (C=O) groups is 2. The molecule has 19 heavy (non-hydrogen) atoms. The normalized spacial score (nSPS) is 14.1. The van der Waals surface area contributed by atoms with Crippen LogP contribution in [0.4, 0.5) is 0 Å². The largest absolute Gasteiger partial charge is 0.289 e. The molecule has 0 radical (unpaired) electrons. The minimum atomic E-state index is -0.297. The molecular formula is C16H9ClO2. The van der Waals surface area contributed by atoms with E-state index in [-0.39, 0.29) is 16.6 Å². The highest BCUT2D eigenvalue weighted by molar-refractivity contribution is 6.49. The number of carbonyl (C=O) groups excluding carboxylic acids is 2. The number of Topliss-reactive ketones (excluding diaryl/α,β-unsaturated/α-hetero) is 1. The molecule has 0 fully saturated rings. The van der Waals surface area contributed by atoms with E-state index < -0.39 is 0 Å². The van der Waals surface area contributed by atoms with E-state index in [4.69, 9.17) is 11.6 Å². The van der Waals surface area contributed by atoms with E-state index in [1.54, 1.807) is 12.1 Å². The first-order valence-corrected chi connectivity index (χ1v) is 6.21. The lowest BCUT2D eigenvalue weighted by molar-refractivity contribution is 0.0991. The average molecular weight is 269 g/mol. The Labute approximate surface area is 115 Å². The number of ketones is 2. The van der Waals surface area contributed by atoms with Gasteiger partial charge in [0.15, 0.2) is 5.78 Å². The van der Waals surface area contributed by atoms with Crippen LogP contribution >= 0.6 is 11.6 Å². The summed E-state index contributed by atoms with van der Waals surface area (Å²) >= 11 is 5.78. The third-order valence-electron chi connectivity index (χ3n) is 3.12. The third-order valence-corrected chi connectivity index (χ3v) is 3.40. The summed E-state index contributed by atoms with van der Waals surface area (Å²) in [5, 5.41) is -0.0253. The van der Waals surface area contributed by atoms with Crippen LogP contribution in [0.3, 0.4) is 0 Å². The number of rotatable bonds is 1. The van der Waals surface area contributed by atoms with Crippen molar-refractivity contribution in [2.24, 2.45) is 0 Å². The summed E-state index contributed by atoms with van der Waals surface area (Å²) in [5.74, 6) is -0.520. The zero-order chi connectivity index (χ0) is 13.4. The van der Waals surface area contributed by atoms with Crippen molar-refractivity contribution in [2.75, 3.05) is 0 Å². The van der Waals surface area contributed by atoms with Crippen molar-refractivity contribution in [1.82, 2.24) is 0 Å². The van der Waals surface area contributed by atoms with Crippen molar-refractivity contribution in [3.8, 4) is 11.1 Å². The van der Waals surface area contributed by atoms with Crippen LogP contribution in [0.2, 0.25) is 0 Å². The zero-order valence-corrected chi connectivity index (χ0v) is 10.6. The molecule has 0 atom stereocenters. The molecular weight excluding hydrogens is 260 g/mol. The van der Waals surface area contributed by atoms with Gasteiger partial charge in [0.1, 0.15) is 0 Å². The van der Waals surface area contributed by atoms with E-state index in [1.807, 2.05) is 36.4 Å². The number of allylic oxidation sites excluding steroid dienone is 2. The summed E-state index contributed by atoms with van der Waals surface area (Å²) in [7, 11) is 0. The van der Waals surface area contributed by atoms with Crippen LogP contribution in [0.5, 0.6) is 0 Å². The van der Waals surface area contributed by atoms with Gasteiger partial charge in [-0.3, -0.25) is 9.59 Å². The molecule has 2 aromatic carbocycles. The molecule has 0 saturated carbocycles. The SMILES string of the molecule is O=C1C(Cl)=CC(=O)c2c1cccc2-c1ccccc1. The monoisotopic (exact) mass is 268 g/mol. The lowest BCUT2D eigenvalue weighted by atomic mass is 9.88. The maximum absolute atomic E-state index is 12.1. The van der Waals surface area contributed by atoms with E-state index >= 15 is 0 Å². The minimum absolute atomic E-state index is 0.0253. The summed E-state index contributed by atoms with van der Waals surface area (Å²) in [6.45, 7) is 0. The highest BCUT2D eigenvalue weighted by atomic mass is 35.5. The van der Waals surface area contributed by atoms with E-state index in [1.165, 1.54) is 6.08 Å². The van der Waals surface area contributed by atoms with Crippen molar-refractivity contribution >= 4 is 23.2 Å². The number of benzene rings is 2. The van der Waals surface area contributed by atoms with Crippen LogP contribution in [-0.2, 0) is 0 Å². The predicted octanol–water partition coefficient (Wildman–Crippen LogP) is 3.86. The Kier molecular flexibility index (Phi) is 2.80. The quantitative estimate of drug-likeness (QED) is 0.787. The summed E-state index contributed by atoms with van der Waals surface area (Å²) in [6, 6.07) is 14.8. The molecule has 3 heteroatoms. The fourth-order valence-corrected chi connectivity index (χ4v) is 2.45. The van der Waals surface area contributed by atoms with Crippen LogP contribution in [0.25, 0.3) is 11.1 Å². The zero-order valence-electron chi connectivity index (χ0n) is 9.89. The summed E-state index contributed by atoms with van der Waals surface area (Å²) in [6.07, 6.45) is 1.19. The van der Waals surface area contributed by atoms with Crippen LogP contribution in [-0.4, -0.2) is 11.6 Å². The Balaban J connectivity index is 2.28. The summed E-state index contributed by atoms with van der Waals surface area (Å²) in [5.41, 5.74) is 2.48. The van der Waals surface area contributed by atoms with Crippen molar-refractivity contribution in [3.05, 3.63) is 70.8 Å². The van der Waals surface area contributed by atoms with E-state index in [2.05, 4.69) is 0 Å². The molecule has 1 aliphatic rings. The second-order valence-corrected chi connectivity index (χ2v) is 4.69. The Morgan fingerprint density at radius 2 is 1.47 bits per heavy atom. The molecule has 0 spiro atoms. The molecule has 0 amide bonds. The smallest absolute Gasteiger partial charge is 0.205 e. The van der Waals surface area contributed by atoms with Crippen LogP contribution in [0, 0.1) is 0 Å². The topological polar surface area (TPSA) is 34.1 Å². The summed E-state index contributed by atoms with van der Waals surface area (Å²) < 4.78 is 0. The number of hydrogen-bond donors (Lipinski definition) is 0. The van der Waals surface area contributed by atoms with E-state index in [0.29, 0.717) is 11.1 Å². The van der Waals surface area contributed by atoms with Gasteiger partial charge in [-0.2, -0.15) is 0 Å². The van der Waals surface area contributed by atoms with Gasteiger partial charge in [0, 0.05) is 17.2 Å². The Morgan fingerprint density at radius 1 is 0.789 bits per heavy atom. The first-order valence-electron chi connectivity index (χ1n) is 5.83. The van der Waals surface area contributed by atoms with Gasteiger partial charge in [-0.05, 0) is 11.1 Å². The second kappa shape index (κ2) is 4.48. The second-order valence-electron chi connectivity index (χ2n) is 4.28. The molecule has 0 unspecified atom stereocenters. The van der Waals surface area contributed by atoms with Crippen molar-refractivity contribution in [3.63, 3.8) is 0 Å². The van der Waals surface area contributed by atoms with Gasteiger partial charge in [0.2, 0.25) is 5.78 Å². The van der Waals surface area contributed by atoms with Gasteiger partial charge in [-0.1, -0.05) is 60.1 Å². The van der Waals surface area contributed by atoms with Gasteiger partial charge in [-0.25, -0.2) is 0 Å². The Bertz CT molecular complexity index is 715. The Morgan fingerprint density at radius 3 is 2.21 bits per heavy atom. The third kappa shape index (κ3) is 1.90. The van der Waals surface area contributed by atoms with Crippen LogP contribution in [0.15, 0.2) is 59.6 Å². The number of halogens is 1. The van der Waals surface area contributed by atoms with Gasteiger partial charge in [-0.15, -0.1) is 0 Å². The van der Waals surface area contributed by atoms with Crippen LogP contribution in [0.1, 0.15) is 20.7 Å².